The average molecular weight is 246 g/mol. The van der Waals surface area contributed by atoms with Crippen LogP contribution >= 0.6 is 0 Å². The van der Waals surface area contributed by atoms with Gasteiger partial charge >= 0.3 is 0 Å². The van der Waals surface area contributed by atoms with E-state index in [0.29, 0.717) is 25.8 Å². The molecule has 0 spiro atoms. The molecule has 0 aromatic rings. The predicted octanol–water partition coefficient (Wildman–Crippen LogP) is 0.321. The zero-order valence-corrected chi connectivity index (χ0v) is 10.4. The Morgan fingerprint density at radius 1 is 1.56 bits per heavy atom. The number of hydrogen-bond donors (Lipinski definition) is 1. The number of sulfonamides is 1. The first-order valence-corrected chi connectivity index (χ1v) is 6.95. The van der Waals surface area contributed by atoms with E-state index in [4.69, 9.17) is 10.4 Å². The molecule has 1 rings (SSSR count). The van der Waals surface area contributed by atoms with E-state index < -0.39 is 15.3 Å². The van der Waals surface area contributed by atoms with Crippen LogP contribution in [-0.2, 0) is 10.0 Å². The highest BCUT2D eigenvalue weighted by atomic mass is 32.2. The summed E-state index contributed by atoms with van der Waals surface area (Å²) in [6, 6.07) is 1.81. The van der Waals surface area contributed by atoms with Gasteiger partial charge in [0.2, 0.25) is 10.0 Å². The van der Waals surface area contributed by atoms with Crippen molar-refractivity contribution in [1.29, 1.82) is 5.26 Å². The molecule has 1 aliphatic rings. The molecule has 0 amide bonds. The van der Waals surface area contributed by atoms with Crippen molar-refractivity contribution >= 4 is 10.0 Å². The topological polar surface area (TPSA) is 81.4 Å². The highest BCUT2D eigenvalue weighted by molar-refractivity contribution is 7.89. The minimum Gasteiger partial charge on any atom is -0.393 e. The first-order chi connectivity index (χ1) is 7.41. The number of nitrogens with zero attached hydrogens (tertiary/aromatic N) is 2. The number of aliphatic hydroxyl groups excluding tert-OH is 1. The van der Waals surface area contributed by atoms with E-state index in [-0.39, 0.29) is 12.0 Å². The zero-order chi connectivity index (χ0) is 12.3. The monoisotopic (exact) mass is 246 g/mol. The average Bonchev–Trinajstić information content (AvgIpc) is 2.16. The second kappa shape index (κ2) is 5.13. The molecule has 0 bridgehead atoms. The van der Waals surface area contributed by atoms with Crippen LogP contribution in [0, 0.1) is 17.2 Å². The molecular weight excluding hydrogens is 228 g/mol. The molecular formula is C10H18N2O3S. The fraction of sp³-hybridized carbons (Fsp3) is 0.900. The Hall–Kier alpha value is -0.640. The van der Waals surface area contributed by atoms with Crippen molar-refractivity contribution in [3.05, 3.63) is 0 Å². The normalized spacial score (nSPS) is 27.2. The summed E-state index contributed by atoms with van der Waals surface area (Å²) < 4.78 is 25.0. The molecule has 0 radical (unpaired) electrons. The van der Waals surface area contributed by atoms with Gasteiger partial charge in [-0.2, -0.15) is 5.26 Å². The van der Waals surface area contributed by atoms with Gasteiger partial charge in [0, 0.05) is 13.6 Å². The molecule has 1 fully saturated rings. The summed E-state index contributed by atoms with van der Waals surface area (Å²) in [4.78, 5) is 0. The van der Waals surface area contributed by atoms with Crippen molar-refractivity contribution < 1.29 is 13.5 Å². The number of rotatable bonds is 5. The lowest BCUT2D eigenvalue weighted by Gasteiger charge is -2.34. The maximum absolute atomic E-state index is 11.9. The number of hydrogen-bond acceptors (Lipinski definition) is 4. The molecule has 1 N–H and O–H groups in total. The van der Waals surface area contributed by atoms with Crippen LogP contribution in [0.1, 0.15) is 26.2 Å². The van der Waals surface area contributed by atoms with Crippen molar-refractivity contribution in [2.45, 2.75) is 37.5 Å². The number of aliphatic hydroxyl groups is 1. The smallest absolute Gasteiger partial charge is 0.230 e. The van der Waals surface area contributed by atoms with E-state index in [2.05, 4.69) is 0 Å². The summed E-state index contributed by atoms with van der Waals surface area (Å²) in [5.74, 6) is 0.228. The second-order valence-electron chi connectivity index (χ2n) is 4.34. The van der Waals surface area contributed by atoms with Gasteiger partial charge in [0.05, 0.1) is 12.2 Å². The van der Waals surface area contributed by atoms with Crippen LogP contribution in [-0.4, -0.2) is 42.8 Å². The van der Waals surface area contributed by atoms with Gasteiger partial charge in [-0.15, -0.1) is 0 Å². The summed E-state index contributed by atoms with van der Waals surface area (Å²) in [7, 11) is -2.00. The van der Waals surface area contributed by atoms with Gasteiger partial charge in [0.1, 0.15) is 0 Å². The highest BCUT2D eigenvalue weighted by Gasteiger charge is 2.34. The van der Waals surface area contributed by atoms with E-state index in [0.717, 1.165) is 0 Å². The Labute approximate surface area is 96.7 Å². The SMILES string of the molecule is CCC(C#N)S(=O)(=O)N(C)CC1CC(O)C1. The third-order valence-corrected chi connectivity index (χ3v) is 5.21. The van der Waals surface area contributed by atoms with E-state index in [1.54, 1.807) is 6.92 Å². The molecule has 1 saturated carbocycles. The van der Waals surface area contributed by atoms with Crippen molar-refractivity contribution in [3.63, 3.8) is 0 Å². The number of nitriles is 1. The minimum absolute atomic E-state index is 0.228. The lowest BCUT2D eigenvalue weighted by Crippen LogP contribution is -2.42. The Kier molecular flexibility index (Phi) is 4.30. The lowest BCUT2D eigenvalue weighted by atomic mass is 9.82. The third-order valence-electron chi connectivity index (χ3n) is 3.03. The lowest BCUT2D eigenvalue weighted by molar-refractivity contribution is 0.0367. The van der Waals surface area contributed by atoms with Crippen LogP contribution in [0.5, 0.6) is 0 Å². The molecule has 6 heteroatoms. The highest BCUT2D eigenvalue weighted by Crippen LogP contribution is 2.28. The summed E-state index contributed by atoms with van der Waals surface area (Å²) in [5, 5.41) is 16.9. The predicted molar refractivity (Wildman–Crippen MR) is 60.0 cm³/mol. The maximum atomic E-state index is 11.9. The van der Waals surface area contributed by atoms with Crippen molar-refractivity contribution in [1.82, 2.24) is 4.31 Å². The van der Waals surface area contributed by atoms with Crippen molar-refractivity contribution in [2.75, 3.05) is 13.6 Å². The van der Waals surface area contributed by atoms with Gasteiger partial charge in [-0.05, 0) is 25.2 Å². The Morgan fingerprint density at radius 3 is 2.50 bits per heavy atom. The molecule has 5 nitrogen and oxygen atoms in total. The molecule has 1 aliphatic carbocycles. The van der Waals surface area contributed by atoms with Crippen molar-refractivity contribution in [2.24, 2.45) is 5.92 Å². The fourth-order valence-electron chi connectivity index (χ4n) is 1.90. The van der Waals surface area contributed by atoms with Gasteiger partial charge in [-0.25, -0.2) is 12.7 Å². The fourth-order valence-corrected chi connectivity index (χ4v) is 3.31. The first kappa shape index (κ1) is 13.4. The van der Waals surface area contributed by atoms with E-state index in [1.165, 1.54) is 11.4 Å². The molecule has 16 heavy (non-hydrogen) atoms. The van der Waals surface area contributed by atoms with Crippen LogP contribution in [0.25, 0.3) is 0 Å². The van der Waals surface area contributed by atoms with E-state index in [1.807, 2.05) is 6.07 Å². The third kappa shape index (κ3) is 2.73. The Bertz CT molecular complexity index is 368. The molecule has 0 heterocycles. The van der Waals surface area contributed by atoms with Crippen LogP contribution in [0.2, 0.25) is 0 Å². The molecule has 0 aromatic carbocycles. The van der Waals surface area contributed by atoms with E-state index in [9.17, 15) is 8.42 Å². The standard InChI is InChI=1S/C10H18N2O3S/c1-3-10(6-11)16(14,15)12(2)7-8-4-9(13)5-8/h8-10,13H,3-5,7H2,1-2H3. The van der Waals surface area contributed by atoms with Gasteiger partial charge in [-0.1, -0.05) is 6.92 Å². The Balaban J connectivity index is 2.59. The summed E-state index contributed by atoms with van der Waals surface area (Å²) in [6.07, 6.45) is 1.34. The first-order valence-electron chi connectivity index (χ1n) is 5.44. The largest absolute Gasteiger partial charge is 0.393 e. The minimum atomic E-state index is -3.50. The van der Waals surface area contributed by atoms with Crippen LogP contribution in [0.3, 0.4) is 0 Å². The van der Waals surface area contributed by atoms with Crippen molar-refractivity contribution in [3.8, 4) is 6.07 Å². The van der Waals surface area contributed by atoms with Crippen LogP contribution < -0.4 is 0 Å². The van der Waals surface area contributed by atoms with Gasteiger partial charge in [-0.3, -0.25) is 0 Å². The van der Waals surface area contributed by atoms with Gasteiger partial charge in [0.15, 0.2) is 5.25 Å². The molecule has 0 saturated heterocycles. The zero-order valence-electron chi connectivity index (χ0n) is 9.63. The van der Waals surface area contributed by atoms with Crippen LogP contribution in [0.4, 0.5) is 0 Å². The Morgan fingerprint density at radius 2 is 2.12 bits per heavy atom. The van der Waals surface area contributed by atoms with E-state index >= 15 is 0 Å². The second-order valence-corrected chi connectivity index (χ2v) is 6.57. The summed E-state index contributed by atoms with van der Waals surface area (Å²) in [5.41, 5.74) is 0. The van der Waals surface area contributed by atoms with Gasteiger partial charge < -0.3 is 5.11 Å². The molecule has 92 valence electrons. The molecule has 0 aliphatic heterocycles. The molecule has 1 unspecified atom stereocenters. The summed E-state index contributed by atoms with van der Waals surface area (Å²) >= 11 is 0. The maximum Gasteiger partial charge on any atom is 0.230 e. The quantitative estimate of drug-likeness (QED) is 0.757. The van der Waals surface area contributed by atoms with Crippen LogP contribution in [0.15, 0.2) is 0 Å². The van der Waals surface area contributed by atoms with Gasteiger partial charge in [0.25, 0.3) is 0 Å². The summed E-state index contributed by atoms with van der Waals surface area (Å²) in [6.45, 7) is 2.09. The molecule has 0 aromatic heterocycles. The molecule has 1 atom stereocenters.